The molecule has 70 valence electrons. The van der Waals surface area contributed by atoms with Gasteiger partial charge in [-0.1, -0.05) is 38.5 Å². The van der Waals surface area contributed by atoms with Gasteiger partial charge < -0.3 is 0 Å². The molecule has 0 aliphatic carbocycles. The Kier molecular flexibility index (Phi) is 8.80. The molecule has 0 aromatic carbocycles. The van der Waals surface area contributed by atoms with Crippen LogP contribution in [-0.2, 0) is 0 Å². The van der Waals surface area contributed by atoms with Crippen molar-refractivity contribution >= 4 is 11.8 Å². The molecule has 0 saturated heterocycles. The van der Waals surface area contributed by atoms with Gasteiger partial charge >= 0.3 is 0 Å². The third-order valence-corrected chi connectivity index (χ3v) is 2.89. The monoisotopic (exact) mass is 184 g/mol. The first-order valence-corrected chi connectivity index (χ1v) is 5.79. The maximum Gasteiger partial charge on any atom is 0.0227 e. The smallest absolute Gasteiger partial charge is 0.0227 e. The van der Waals surface area contributed by atoms with Crippen LogP contribution < -0.4 is 0 Å². The molecule has 1 heteroatoms. The van der Waals surface area contributed by atoms with Crippen LogP contribution >= 0.6 is 11.8 Å². The highest BCUT2D eigenvalue weighted by Crippen LogP contribution is 2.17. The van der Waals surface area contributed by atoms with E-state index in [-0.39, 0.29) is 0 Å². The Morgan fingerprint density at radius 2 is 2.08 bits per heavy atom. The molecule has 12 heavy (non-hydrogen) atoms. The number of thioether (sulfide) groups is 1. The maximum absolute atomic E-state index is 3.83. The summed E-state index contributed by atoms with van der Waals surface area (Å²) >= 11 is 1.98. The summed E-state index contributed by atoms with van der Waals surface area (Å²) in [5, 5.41) is 0.650. The molecule has 0 amide bonds. The van der Waals surface area contributed by atoms with Crippen LogP contribution in [0, 0.1) is 0 Å². The van der Waals surface area contributed by atoms with Crippen molar-refractivity contribution in [2.75, 3.05) is 5.75 Å². The predicted molar refractivity (Wildman–Crippen MR) is 60.8 cm³/mol. The van der Waals surface area contributed by atoms with E-state index in [2.05, 4.69) is 38.7 Å². The number of allylic oxidation sites excluding steroid dienone is 1. The summed E-state index contributed by atoms with van der Waals surface area (Å²) in [5.74, 6) is 1.13. The fourth-order valence-electron chi connectivity index (χ4n) is 0.968. The van der Waals surface area contributed by atoms with Gasteiger partial charge in [-0.25, -0.2) is 0 Å². The third kappa shape index (κ3) is 6.53. The van der Waals surface area contributed by atoms with E-state index in [0.717, 1.165) is 12.2 Å². The van der Waals surface area contributed by atoms with Crippen molar-refractivity contribution < 1.29 is 0 Å². The minimum atomic E-state index is 0.650. The van der Waals surface area contributed by atoms with Crippen LogP contribution in [-0.4, -0.2) is 11.0 Å². The van der Waals surface area contributed by atoms with Crippen molar-refractivity contribution in [1.82, 2.24) is 0 Å². The fraction of sp³-hybridized carbons (Fsp3) is 0.636. The van der Waals surface area contributed by atoms with Crippen LogP contribution in [0.25, 0.3) is 0 Å². The predicted octanol–water partition coefficient (Wildman–Crippen LogP) is 4.04. The molecule has 0 rings (SSSR count). The lowest BCUT2D eigenvalue weighted by atomic mass is 10.2. The van der Waals surface area contributed by atoms with Gasteiger partial charge in [-0.2, -0.15) is 11.8 Å². The first kappa shape index (κ1) is 11.8. The second kappa shape index (κ2) is 8.92. The minimum absolute atomic E-state index is 0.650. The lowest BCUT2D eigenvalue weighted by Crippen LogP contribution is -1.96. The molecule has 1 unspecified atom stereocenters. The van der Waals surface area contributed by atoms with Gasteiger partial charge in [0, 0.05) is 11.0 Å². The first-order valence-electron chi connectivity index (χ1n) is 4.74. The summed E-state index contributed by atoms with van der Waals surface area (Å²) in [4.78, 5) is 0. The average Bonchev–Trinajstić information content (AvgIpc) is 2.10. The van der Waals surface area contributed by atoms with Crippen molar-refractivity contribution in [2.45, 2.75) is 38.4 Å². The molecule has 0 aromatic heterocycles. The van der Waals surface area contributed by atoms with E-state index in [1.807, 2.05) is 11.8 Å². The van der Waals surface area contributed by atoms with Gasteiger partial charge in [0.05, 0.1) is 0 Å². The van der Waals surface area contributed by atoms with Gasteiger partial charge in [0.25, 0.3) is 0 Å². The zero-order chi connectivity index (χ0) is 9.23. The van der Waals surface area contributed by atoms with Gasteiger partial charge in [-0.3, -0.25) is 0 Å². The lowest BCUT2D eigenvalue weighted by molar-refractivity contribution is 0.829. The highest BCUT2D eigenvalue weighted by atomic mass is 32.2. The highest BCUT2D eigenvalue weighted by Gasteiger charge is 2.00. The zero-order valence-electron chi connectivity index (χ0n) is 8.25. The van der Waals surface area contributed by atoms with Crippen molar-refractivity contribution in [1.29, 1.82) is 0 Å². The molecular formula is C11H20S. The van der Waals surface area contributed by atoms with Gasteiger partial charge in [-0.15, -0.1) is 6.58 Å². The molecule has 0 radical (unpaired) electrons. The molecule has 0 saturated carbocycles. The van der Waals surface area contributed by atoms with Crippen LogP contribution in [0.2, 0.25) is 0 Å². The molecule has 0 aliphatic heterocycles. The SMILES string of the molecule is C=CC(CCC)SC/C=C\CC. The lowest BCUT2D eigenvalue weighted by Gasteiger charge is -2.08. The molecule has 0 N–H and O–H groups in total. The minimum Gasteiger partial charge on any atom is -0.150 e. The van der Waals surface area contributed by atoms with Crippen molar-refractivity contribution in [3.05, 3.63) is 24.8 Å². The highest BCUT2D eigenvalue weighted by molar-refractivity contribution is 8.00. The quantitative estimate of drug-likeness (QED) is 0.538. The van der Waals surface area contributed by atoms with E-state index in [0.29, 0.717) is 5.25 Å². The molecule has 0 nitrogen and oxygen atoms in total. The van der Waals surface area contributed by atoms with Crippen LogP contribution in [0.15, 0.2) is 24.8 Å². The van der Waals surface area contributed by atoms with Gasteiger partial charge in [0.2, 0.25) is 0 Å². The molecule has 1 atom stereocenters. The average molecular weight is 184 g/mol. The largest absolute Gasteiger partial charge is 0.150 e. The number of hydrogen-bond acceptors (Lipinski definition) is 1. The normalized spacial score (nSPS) is 13.5. The maximum atomic E-state index is 3.83. The van der Waals surface area contributed by atoms with E-state index >= 15 is 0 Å². The van der Waals surface area contributed by atoms with Crippen LogP contribution in [0.1, 0.15) is 33.1 Å². The van der Waals surface area contributed by atoms with Gasteiger partial charge in [0.1, 0.15) is 0 Å². The van der Waals surface area contributed by atoms with E-state index in [1.165, 1.54) is 12.8 Å². The Hall–Kier alpha value is -0.170. The van der Waals surface area contributed by atoms with Crippen LogP contribution in [0.5, 0.6) is 0 Å². The molecule has 0 aliphatic rings. The van der Waals surface area contributed by atoms with Crippen LogP contribution in [0.3, 0.4) is 0 Å². The second-order valence-electron chi connectivity index (χ2n) is 2.78. The topological polar surface area (TPSA) is 0 Å². The molecular weight excluding hydrogens is 164 g/mol. The summed E-state index contributed by atoms with van der Waals surface area (Å²) in [6.07, 6.45) is 10.2. The molecule has 0 aromatic rings. The van der Waals surface area contributed by atoms with Crippen molar-refractivity contribution in [3.8, 4) is 0 Å². The van der Waals surface area contributed by atoms with Gasteiger partial charge in [0.15, 0.2) is 0 Å². The molecule has 0 spiro atoms. The summed E-state index contributed by atoms with van der Waals surface area (Å²) in [7, 11) is 0. The Morgan fingerprint density at radius 3 is 2.58 bits per heavy atom. The molecule has 0 fully saturated rings. The first-order chi connectivity index (χ1) is 5.85. The van der Waals surface area contributed by atoms with Crippen molar-refractivity contribution in [3.63, 3.8) is 0 Å². The molecule has 0 bridgehead atoms. The fourth-order valence-corrected chi connectivity index (χ4v) is 2.00. The van der Waals surface area contributed by atoms with E-state index < -0.39 is 0 Å². The van der Waals surface area contributed by atoms with Crippen molar-refractivity contribution in [2.24, 2.45) is 0 Å². The Morgan fingerprint density at radius 1 is 1.33 bits per heavy atom. The Labute approximate surface area is 81.1 Å². The molecule has 0 heterocycles. The summed E-state index contributed by atoms with van der Waals surface area (Å²) in [5.41, 5.74) is 0. The third-order valence-electron chi connectivity index (χ3n) is 1.64. The van der Waals surface area contributed by atoms with Gasteiger partial charge in [-0.05, 0) is 12.8 Å². The standard InChI is InChI=1S/C11H20S/c1-4-7-8-10-12-11(6-3)9-5-2/h6-8,11H,3-5,9-10H2,1-2H3/b8-7-. The Balaban J connectivity index is 3.43. The van der Waals surface area contributed by atoms with Crippen LogP contribution in [0.4, 0.5) is 0 Å². The van der Waals surface area contributed by atoms with E-state index in [4.69, 9.17) is 0 Å². The summed E-state index contributed by atoms with van der Waals surface area (Å²) < 4.78 is 0. The van der Waals surface area contributed by atoms with E-state index in [9.17, 15) is 0 Å². The summed E-state index contributed by atoms with van der Waals surface area (Å²) in [6.45, 7) is 8.22. The summed E-state index contributed by atoms with van der Waals surface area (Å²) in [6, 6.07) is 0. The zero-order valence-corrected chi connectivity index (χ0v) is 9.07. The second-order valence-corrected chi connectivity index (χ2v) is 4.05. The van der Waals surface area contributed by atoms with E-state index in [1.54, 1.807) is 0 Å². The number of hydrogen-bond donors (Lipinski definition) is 0. The number of rotatable bonds is 7. The Bertz CT molecular complexity index is 127.